The maximum Gasteiger partial charge on any atom is 0.236 e. The van der Waals surface area contributed by atoms with Gasteiger partial charge in [0.15, 0.2) is 0 Å². The molecule has 21 heavy (non-hydrogen) atoms. The number of nitrogens with zero attached hydrogens (tertiary/aromatic N) is 2. The third-order valence-corrected chi connectivity index (χ3v) is 3.92. The van der Waals surface area contributed by atoms with E-state index >= 15 is 0 Å². The summed E-state index contributed by atoms with van der Waals surface area (Å²) < 4.78 is 0. The summed E-state index contributed by atoms with van der Waals surface area (Å²) in [5.74, 6) is -0.0902. The van der Waals surface area contributed by atoms with Crippen molar-refractivity contribution in [2.24, 2.45) is 5.73 Å². The molecule has 3 N–H and O–H groups in total. The zero-order valence-corrected chi connectivity index (χ0v) is 13.1. The van der Waals surface area contributed by atoms with E-state index in [1.165, 1.54) is 5.69 Å². The first-order valence-corrected chi connectivity index (χ1v) is 7.70. The summed E-state index contributed by atoms with van der Waals surface area (Å²) in [5, 5.41) is 3.61. The number of piperazine rings is 1. The third-order valence-electron chi connectivity index (χ3n) is 3.69. The number of hydrogen-bond acceptors (Lipinski definition) is 4. The summed E-state index contributed by atoms with van der Waals surface area (Å²) in [6.45, 7) is 7.13. The standard InChI is InChI=1S/C15H23ClN4O/c1-12(17)15(21)18-5-6-19-7-9-20(10-8-19)14-4-2-3-13(16)11-14/h2-4,11-12H,5-10,17H2,1H3,(H,18,21)/t12-/m1/s1. The number of anilines is 1. The van der Waals surface area contributed by atoms with Crippen molar-refractivity contribution >= 4 is 23.2 Å². The molecule has 1 aromatic carbocycles. The maximum absolute atomic E-state index is 11.4. The Morgan fingerprint density at radius 2 is 2.10 bits per heavy atom. The molecule has 1 aliphatic heterocycles. The maximum atomic E-state index is 11.4. The Morgan fingerprint density at radius 3 is 2.71 bits per heavy atom. The predicted molar refractivity (Wildman–Crippen MR) is 86.8 cm³/mol. The van der Waals surface area contributed by atoms with Crippen molar-refractivity contribution in [3.8, 4) is 0 Å². The van der Waals surface area contributed by atoms with Crippen LogP contribution in [0.4, 0.5) is 5.69 Å². The number of carbonyl (C=O) groups is 1. The van der Waals surface area contributed by atoms with Crippen LogP contribution in [-0.4, -0.2) is 56.1 Å². The lowest BCUT2D eigenvalue weighted by molar-refractivity contribution is -0.122. The van der Waals surface area contributed by atoms with E-state index in [0.717, 1.165) is 37.7 Å². The Labute approximate surface area is 131 Å². The van der Waals surface area contributed by atoms with Gasteiger partial charge in [-0.3, -0.25) is 9.69 Å². The van der Waals surface area contributed by atoms with E-state index in [2.05, 4.69) is 21.2 Å². The molecule has 6 heteroatoms. The van der Waals surface area contributed by atoms with Gasteiger partial charge in [-0.05, 0) is 25.1 Å². The fourth-order valence-electron chi connectivity index (χ4n) is 2.40. The molecule has 1 atom stereocenters. The second kappa shape index (κ2) is 7.64. The summed E-state index contributed by atoms with van der Waals surface area (Å²) in [6, 6.07) is 7.52. The first-order chi connectivity index (χ1) is 10.1. The van der Waals surface area contributed by atoms with Crippen molar-refractivity contribution in [2.45, 2.75) is 13.0 Å². The van der Waals surface area contributed by atoms with Gasteiger partial charge in [-0.25, -0.2) is 0 Å². The third kappa shape index (κ3) is 4.88. The van der Waals surface area contributed by atoms with Gasteiger partial charge in [-0.1, -0.05) is 17.7 Å². The summed E-state index contributed by atoms with van der Waals surface area (Å²) in [4.78, 5) is 16.1. The minimum absolute atomic E-state index is 0.0902. The number of hydrogen-bond donors (Lipinski definition) is 2. The molecule has 1 aliphatic rings. The second-order valence-corrected chi connectivity index (χ2v) is 5.82. The molecule has 0 bridgehead atoms. The quantitative estimate of drug-likeness (QED) is 0.849. The molecule has 0 spiro atoms. The van der Waals surface area contributed by atoms with Crippen LogP contribution in [0.15, 0.2) is 24.3 Å². The van der Waals surface area contributed by atoms with Crippen molar-refractivity contribution in [1.29, 1.82) is 0 Å². The van der Waals surface area contributed by atoms with Crippen molar-refractivity contribution in [2.75, 3.05) is 44.2 Å². The van der Waals surface area contributed by atoms with Gasteiger partial charge in [-0.2, -0.15) is 0 Å². The van der Waals surface area contributed by atoms with Crippen molar-refractivity contribution < 1.29 is 4.79 Å². The average Bonchev–Trinajstić information content (AvgIpc) is 2.47. The van der Waals surface area contributed by atoms with Crippen LogP contribution in [-0.2, 0) is 4.79 Å². The topological polar surface area (TPSA) is 61.6 Å². The van der Waals surface area contributed by atoms with Gasteiger partial charge >= 0.3 is 0 Å². The molecule has 1 aromatic rings. The van der Waals surface area contributed by atoms with Crippen LogP contribution in [0, 0.1) is 0 Å². The van der Waals surface area contributed by atoms with E-state index in [-0.39, 0.29) is 5.91 Å². The van der Waals surface area contributed by atoms with Crippen LogP contribution in [0.2, 0.25) is 5.02 Å². The van der Waals surface area contributed by atoms with Crippen molar-refractivity contribution in [3.63, 3.8) is 0 Å². The molecule has 0 radical (unpaired) electrons. The number of carbonyl (C=O) groups excluding carboxylic acids is 1. The average molecular weight is 311 g/mol. The first-order valence-electron chi connectivity index (χ1n) is 7.32. The molecule has 1 heterocycles. The molecule has 2 rings (SSSR count). The van der Waals surface area contributed by atoms with Crippen LogP contribution in [0.1, 0.15) is 6.92 Å². The smallest absolute Gasteiger partial charge is 0.236 e. The number of benzene rings is 1. The van der Waals surface area contributed by atoms with Gasteiger partial charge in [0.05, 0.1) is 6.04 Å². The van der Waals surface area contributed by atoms with Crippen LogP contribution >= 0.6 is 11.6 Å². The molecule has 5 nitrogen and oxygen atoms in total. The summed E-state index contributed by atoms with van der Waals surface area (Å²) in [5.41, 5.74) is 6.68. The van der Waals surface area contributed by atoms with Crippen LogP contribution in [0.25, 0.3) is 0 Å². The molecular weight excluding hydrogens is 288 g/mol. The molecule has 116 valence electrons. The first kappa shape index (κ1) is 16.1. The van der Waals surface area contributed by atoms with Gasteiger partial charge < -0.3 is 16.0 Å². The Morgan fingerprint density at radius 1 is 1.38 bits per heavy atom. The van der Waals surface area contributed by atoms with Gasteiger partial charge in [0.1, 0.15) is 0 Å². The number of rotatable bonds is 5. The molecule has 0 saturated carbocycles. The minimum atomic E-state index is -0.440. The molecule has 0 aromatic heterocycles. The molecule has 1 saturated heterocycles. The van der Waals surface area contributed by atoms with Crippen LogP contribution < -0.4 is 16.0 Å². The lowest BCUT2D eigenvalue weighted by atomic mass is 10.2. The van der Waals surface area contributed by atoms with Gasteiger partial charge in [0, 0.05) is 50.0 Å². The van der Waals surface area contributed by atoms with E-state index in [1.54, 1.807) is 6.92 Å². The Hall–Kier alpha value is -1.30. The molecule has 1 fully saturated rings. The molecule has 0 unspecified atom stereocenters. The Kier molecular flexibility index (Phi) is 5.85. The highest BCUT2D eigenvalue weighted by atomic mass is 35.5. The zero-order valence-electron chi connectivity index (χ0n) is 12.4. The Bertz CT molecular complexity index is 472. The second-order valence-electron chi connectivity index (χ2n) is 5.39. The van der Waals surface area contributed by atoms with E-state index in [0.29, 0.717) is 6.54 Å². The lowest BCUT2D eigenvalue weighted by Crippen LogP contribution is -2.49. The minimum Gasteiger partial charge on any atom is -0.369 e. The van der Waals surface area contributed by atoms with Crippen molar-refractivity contribution in [3.05, 3.63) is 29.3 Å². The molecule has 1 amide bonds. The molecular formula is C15H23ClN4O. The van der Waals surface area contributed by atoms with E-state index in [1.807, 2.05) is 18.2 Å². The predicted octanol–water partition coefficient (Wildman–Crippen LogP) is 0.925. The van der Waals surface area contributed by atoms with Gasteiger partial charge in [0.25, 0.3) is 0 Å². The highest BCUT2D eigenvalue weighted by molar-refractivity contribution is 6.30. The summed E-state index contributed by atoms with van der Waals surface area (Å²) in [6.07, 6.45) is 0. The number of nitrogens with one attached hydrogen (secondary N) is 1. The summed E-state index contributed by atoms with van der Waals surface area (Å²) >= 11 is 6.03. The zero-order chi connectivity index (χ0) is 15.2. The lowest BCUT2D eigenvalue weighted by Gasteiger charge is -2.36. The number of amides is 1. The van der Waals surface area contributed by atoms with Crippen molar-refractivity contribution in [1.82, 2.24) is 10.2 Å². The number of nitrogens with two attached hydrogens (primary N) is 1. The fourth-order valence-corrected chi connectivity index (χ4v) is 2.59. The van der Waals surface area contributed by atoms with E-state index in [4.69, 9.17) is 17.3 Å². The van der Waals surface area contributed by atoms with Crippen LogP contribution in [0.5, 0.6) is 0 Å². The van der Waals surface area contributed by atoms with Gasteiger partial charge in [-0.15, -0.1) is 0 Å². The number of halogens is 1. The summed E-state index contributed by atoms with van der Waals surface area (Å²) in [7, 11) is 0. The molecule has 0 aliphatic carbocycles. The Balaban J connectivity index is 1.72. The largest absolute Gasteiger partial charge is 0.369 e. The SMILES string of the molecule is C[C@@H](N)C(=O)NCCN1CCN(c2cccc(Cl)c2)CC1. The normalized spacial score (nSPS) is 17.6. The fraction of sp³-hybridized carbons (Fsp3) is 0.533. The van der Waals surface area contributed by atoms with Crippen LogP contribution in [0.3, 0.4) is 0 Å². The highest BCUT2D eigenvalue weighted by Crippen LogP contribution is 2.20. The monoisotopic (exact) mass is 310 g/mol. The van der Waals surface area contributed by atoms with E-state index < -0.39 is 6.04 Å². The van der Waals surface area contributed by atoms with Gasteiger partial charge in [0.2, 0.25) is 5.91 Å². The van der Waals surface area contributed by atoms with E-state index in [9.17, 15) is 4.79 Å². The highest BCUT2D eigenvalue weighted by Gasteiger charge is 2.17.